The molecule has 1 fully saturated rings. The summed E-state index contributed by atoms with van der Waals surface area (Å²) in [6, 6.07) is 19.2. The number of pyridine rings is 2. The molecule has 1 aliphatic rings. The molecule has 0 radical (unpaired) electrons. The van der Waals surface area contributed by atoms with E-state index in [2.05, 4.69) is 20.9 Å². The van der Waals surface area contributed by atoms with E-state index in [4.69, 9.17) is 14.5 Å². The van der Waals surface area contributed by atoms with Gasteiger partial charge in [0.15, 0.2) is 0 Å². The van der Waals surface area contributed by atoms with Crippen molar-refractivity contribution in [3.05, 3.63) is 78.4 Å². The van der Waals surface area contributed by atoms with E-state index < -0.39 is 11.6 Å². The molecule has 0 aliphatic carbocycles. The summed E-state index contributed by atoms with van der Waals surface area (Å²) in [5.74, 6) is 0.288. The predicted molar refractivity (Wildman–Crippen MR) is 170 cm³/mol. The third-order valence-corrected chi connectivity index (χ3v) is 7.55. The SMILES string of the molecule is CCOC(=O)c1cc(-c2ccnc(C#N)c2)cc2c1ncn2-c1cc(N2CCN(C(=O)OC(C)(C)C)CC2)nc2ccccc12. The second-order valence-corrected chi connectivity index (χ2v) is 11.7. The lowest BCUT2D eigenvalue weighted by Gasteiger charge is -2.36. The minimum atomic E-state index is -0.557. The zero-order valence-corrected chi connectivity index (χ0v) is 25.6. The van der Waals surface area contributed by atoms with Gasteiger partial charge in [0, 0.05) is 43.8 Å². The molecule has 0 saturated carbocycles. The van der Waals surface area contributed by atoms with Crippen LogP contribution >= 0.6 is 0 Å². The highest BCUT2D eigenvalue weighted by Crippen LogP contribution is 2.33. The Morgan fingerprint density at radius 2 is 1.76 bits per heavy atom. The van der Waals surface area contributed by atoms with Crippen molar-refractivity contribution >= 4 is 39.8 Å². The van der Waals surface area contributed by atoms with Gasteiger partial charge in [-0.25, -0.2) is 24.5 Å². The van der Waals surface area contributed by atoms with Gasteiger partial charge in [-0.1, -0.05) is 18.2 Å². The minimum absolute atomic E-state index is 0.221. The summed E-state index contributed by atoms with van der Waals surface area (Å²) < 4.78 is 12.9. The summed E-state index contributed by atoms with van der Waals surface area (Å²) in [6.07, 6.45) is 2.96. The molecule has 5 aromatic rings. The van der Waals surface area contributed by atoms with E-state index in [1.54, 1.807) is 42.5 Å². The first-order valence-electron chi connectivity index (χ1n) is 14.8. The normalized spacial score (nSPS) is 13.6. The number of nitriles is 1. The van der Waals surface area contributed by atoms with Gasteiger partial charge >= 0.3 is 12.1 Å². The van der Waals surface area contributed by atoms with Gasteiger partial charge in [-0.3, -0.25) is 4.57 Å². The van der Waals surface area contributed by atoms with Crippen LogP contribution in [0.4, 0.5) is 10.6 Å². The number of benzene rings is 2. The number of imidazole rings is 1. The summed E-state index contributed by atoms with van der Waals surface area (Å²) in [7, 11) is 0. The summed E-state index contributed by atoms with van der Waals surface area (Å²) in [5, 5.41) is 10.3. The number of piperazine rings is 1. The van der Waals surface area contributed by atoms with Crippen molar-refractivity contribution in [3.8, 4) is 22.9 Å². The van der Waals surface area contributed by atoms with Crippen LogP contribution in [-0.4, -0.2) is 74.9 Å². The van der Waals surface area contributed by atoms with Crippen molar-refractivity contribution < 1.29 is 19.1 Å². The van der Waals surface area contributed by atoms with Gasteiger partial charge in [-0.15, -0.1) is 0 Å². The number of carbonyl (C=O) groups is 2. The summed E-state index contributed by atoms with van der Waals surface area (Å²) >= 11 is 0. The Morgan fingerprint density at radius 3 is 2.49 bits per heavy atom. The fourth-order valence-corrected chi connectivity index (χ4v) is 5.46. The lowest BCUT2D eigenvalue weighted by Crippen LogP contribution is -2.50. The molecule has 0 N–H and O–H groups in total. The average Bonchev–Trinajstić information content (AvgIpc) is 3.47. The van der Waals surface area contributed by atoms with Crippen LogP contribution in [0.2, 0.25) is 0 Å². The highest BCUT2D eigenvalue weighted by Gasteiger charge is 2.27. The molecule has 11 heteroatoms. The number of hydrogen-bond donors (Lipinski definition) is 0. The molecule has 6 rings (SSSR count). The average molecular weight is 604 g/mol. The number of para-hydroxylation sites is 1. The van der Waals surface area contributed by atoms with Crippen molar-refractivity contribution in [1.29, 1.82) is 5.26 Å². The maximum Gasteiger partial charge on any atom is 0.410 e. The zero-order chi connectivity index (χ0) is 31.7. The van der Waals surface area contributed by atoms with E-state index in [0.717, 1.165) is 33.5 Å². The quantitative estimate of drug-likeness (QED) is 0.231. The number of fused-ring (bicyclic) bond motifs is 2. The maximum atomic E-state index is 13.1. The van der Waals surface area contributed by atoms with Crippen LogP contribution in [-0.2, 0) is 9.47 Å². The number of hydrogen-bond acceptors (Lipinski definition) is 9. The number of carbonyl (C=O) groups excluding carboxylic acids is 2. The third-order valence-electron chi connectivity index (χ3n) is 7.55. The largest absolute Gasteiger partial charge is 0.462 e. The third kappa shape index (κ3) is 5.99. The van der Waals surface area contributed by atoms with Gasteiger partial charge in [-0.2, -0.15) is 5.26 Å². The van der Waals surface area contributed by atoms with Crippen molar-refractivity contribution in [1.82, 2.24) is 24.4 Å². The van der Waals surface area contributed by atoms with Crippen molar-refractivity contribution in [2.45, 2.75) is 33.3 Å². The molecule has 0 bridgehead atoms. The van der Waals surface area contributed by atoms with Crippen LogP contribution in [0.5, 0.6) is 0 Å². The van der Waals surface area contributed by atoms with Gasteiger partial charge < -0.3 is 19.3 Å². The molecule has 1 saturated heterocycles. The van der Waals surface area contributed by atoms with E-state index in [1.807, 2.05) is 61.7 Å². The van der Waals surface area contributed by atoms with E-state index in [9.17, 15) is 14.9 Å². The van der Waals surface area contributed by atoms with Crippen LogP contribution in [0, 0.1) is 11.3 Å². The summed E-state index contributed by atoms with van der Waals surface area (Å²) in [4.78, 5) is 43.4. The van der Waals surface area contributed by atoms with Crippen LogP contribution in [0.25, 0.3) is 38.8 Å². The second-order valence-electron chi connectivity index (χ2n) is 11.7. The number of esters is 1. The highest BCUT2D eigenvalue weighted by atomic mass is 16.6. The molecule has 1 aliphatic heterocycles. The topological polar surface area (TPSA) is 126 Å². The first-order chi connectivity index (χ1) is 21.6. The highest BCUT2D eigenvalue weighted by molar-refractivity contribution is 6.05. The van der Waals surface area contributed by atoms with E-state index in [0.29, 0.717) is 42.8 Å². The Labute approximate surface area is 260 Å². The number of ether oxygens (including phenoxy) is 2. The summed E-state index contributed by atoms with van der Waals surface area (Å²) in [5.41, 5.74) is 4.35. The Balaban J connectivity index is 1.45. The molecule has 45 heavy (non-hydrogen) atoms. The molecule has 0 atom stereocenters. The molecule has 2 aromatic carbocycles. The van der Waals surface area contributed by atoms with Gasteiger partial charge in [0.2, 0.25) is 0 Å². The monoisotopic (exact) mass is 603 g/mol. The van der Waals surface area contributed by atoms with Crippen LogP contribution in [0.3, 0.4) is 0 Å². The van der Waals surface area contributed by atoms with Gasteiger partial charge in [0.05, 0.1) is 28.9 Å². The molecule has 3 aromatic heterocycles. The van der Waals surface area contributed by atoms with Crippen LogP contribution in [0.1, 0.15) is 43.7 Å². The first-order valence-corrected chi connectivity index (χ1v) is 14.8. The number of anilines is 1. The van der Waals surface area contributed by atoms with Gasteiger partial charge in [-0.05, 0) is 69.2 Å². The summed E-state index contributed by atoms with van der Waals surface area (Å²) in [6.45, 7) is 9.77. The van der Waals surface area contributed by atoms with Crippen LogP contribution in [0.15, 0.2) is 67.1 Å². The molecule has 11 nitrogen and oxygen atoms in total. The predicted octanol–water partition coefficient (Wildman–Crippen LogP) is 5.74. The molecular weight excluding hydrogens is 570 g/mol. The van der Waals surface area contributed by atoms with Gasteiger partial charge in [0.1, 0.15) is 35.0 Å². The number of aromatic nitrogens is 4. The minimum Gasteiger partial charge on any atom is -0.462 e. The van der Waals surface area contributed by atoms with E-state index in [1.165, 1.54) is 0 Å². The molecule has 4 heterocycles. The fourth-order valence-electron chi connectivity index (χ4n) is 5.46. The Kier molecular flexibility index (Phi) is 7.81. The maximum absolute atomic E-state index is 13.1. The van der Waals surface area contributed by atoms with E-state index >= 15 is 0 Å². The number of amides is 1. The first kappa shape index (κ1) is 29.6. The van der Waals surface area contributed by atoms with Crippen molar-refractivity contribution in [2.24, 2.45) is 0 Å². The number of nitrogens with zero attached hydrogens (tertiary/aromatic N) is 7. The standard InChI is InChI=1S/C34H33N7O4/c1-5-44-32(42)26-17-23(22-10-11-36-24(16-22)20-35)18-29-31(26)37-21-41(29)28-19-30(38-27-9-7-6-8-25(27)28)39-12-14-40(15-13-39)33(43)45-34(2,3)4/h6-11,16-19,21H,5,12-15H2,1-4H3. The Morgan fingerprint density at radius 1 is 0.978 bits per heavy atom. The van der Waals surface area contributed by atoms with Crippen LogP contribution < -0.4 is 4.90 Å². The second kappa shape index (κ2) is 11.9. The lowest BCUT2D eigenvalue weighted by atomic mass is 10.0. The zero-order valence-electron chi connectivity index (χ0n) is 25.6. The van der Waals surface area contributed by atoms with Crippen molar-refractivity contribution in [2.75, 3.05) is 37.7 Å². The molecule has 228 valence electrons. The fraction of sp³-hybridized carbons (Fsp3) is 0.294. The van der Waals surface area contributed by atoms with Gasteiger partial charge in [0.25, 0.3) is 0 Å². The van der Waals surface area contributed by atoms with E-state index in [-0.39, 0.29) is 18.4 Å². The Bertz CT molecular complexity index is 1960. The lowest BCUT2D eigenvalue weighted by molar-refractivity contribution is 0.0240. The smallest absolute Gasteiger partial charge is 0.410 e. The van der Waals surface area contributed by atoms with Crippen molar-refractivity contribution in [3.63, 3.8) is 0 Å². The molecule has 1 amide bonds. The molecular formula is C34H33N7O4. The number of rotatable bonds is 5. The molecule has 0 spiro atoms. The molecule has 0 unspecified atom stereocenters. The Hall–Kier alpha value is -5.50.